The normalized spacial score (nSPS) is 27.5. The van der Waals surface area contributed by atoms with Gasteiger partial charge in [-0.15, -0.1) is 6.42 Å². The van der Waals surface area contributed by atoms with Crippen LogP contribution in [0.4, 0.5) is 34.0 Å². The van der Waals surface area contributed by atoms with Crippen molar-refractivity contribution >= 4 is 37.7 Å². The van der Waals surface area contributed by atoms with Crippen LogP contribution in [0, 0.1) is 29.9 Å². The van der Waals surface area contributed by atoms with Crippen LogP contribution in [0.25, 0.3) is 32.9 Å². The molecule has 0 amide bonds. The Hall–Kier alpha value is -4.85. The zero-order valence-corrected chi connectivity index (χ0v) is 32.9. The van der Waals surface area contributed by atoms with Gasteiger partial charge >= 0.3 is 16.2 Å². The lowest BCUT2D eigenvalue weighted by atomic mass is 9.89. The highest BCUT2D eigenvalue weighted by atomic mass is 32.5. The fourth-order valence-electron chi connectivity index (χ4n) is 10.7. The van der Waals surface area contributed by atoms with Crippen molar-refractivity contribution in [2.24, 2.45) is 5.92 Å². The van der Waals surface area contributed by atoms with E-state index in [1.165, 1.54) is 12.1 Å². The summed E-state index contributed by atoms with van der Waals surface area (Å²) in [6, 6.07) is 11.3. The van der Waals surface area contributed by atoms with Gasteiger partial charge in [0.25, 0.3) is 0 Å². The van der Waals surface area contributed by atoms with Crippen LogP contribution in [0.5, 0.6) is 11.8 Å². The average molecular weight is 839 g/mol. The Morgan fingerprint density at radius 3 is 2.59 bits per heavy atom. The molecule has 0 radical (unpaired) electrons. The van der Waals surface area contributed by atoms with E-state index < -0.39 is 32.3 Å². The molecular formula is C43H41F7N6O2S. The number of nitrogens with one attached hydrogen (secondary N) is 1. The van der Waals surface area contributed by atoms with E-state index in [1.807, 2.05) is 0 Å². The Morgan fingerprint density at radius 1 is 0.949 bits per heavy atom. The van der Waals surface area contributed by atoms with Crippen LogP contribution < -0.4 is 19.7 Å². The summed E-state index contributed by atoms with van der Waals surface area (Å²) in [5.74, 6) is 1.54. The number of halogens is 7. The number of nitrogens with zero attached hydrogens (tertiary/aromatic N) is 5. The first kappa shape index (κ1) is 38.4. The number of rotatable bonds is 8. The first-order valence-corrected chi connectivity index (χ1v) is 21.9. The third-order valence-electron chi connectivity index (χ3n) is 13.2. The molecule has 5 aliphatic heterocycles. The van der Waals surface area contributed by atoms with E-state index in [-0.39, 0.29) is 71.8 Å². The zero-order valence-electron chi connectivity index (χ0n) is 32.0. The molecule has 0 unspecified atom stereocenters. The number of terminal acetylenes is 1. The standard InChI is InChI=1S/C43H41F7N6O2S/c1-3-30-32(44)13-11-25-7-4-10-31(35(25)30)38-37(45)39-36-34(52-38)19-24(2)40-33-14-12-26(51-33)21-55(40)41(36)54-42(53-39)58-23-43-16-6-18-56(43)27(15-17-43)22-57-28-8-5-9-29(20-28)59(46,47,48,49)50/h1,4-5,7-11,13,20,24,26-27,33,40,51H,6,12,14-19,21-23H2,2H3/t24-,26-,27-,33+,40-,43-/m0/s1. The van der Waals surface area contributed by atoms with E-state index in [0.29, 0.717) is 77.7 Å². The van der Waals surface area contributed by atoms with Crippen molar-refractivity contribution in [1.29, 1.82) is 0 Å². The molecule has 59 heavy (non-hydrogen) atoms. The molecule has 6 atom stereocenters. The van der Waals surface area contributed by atoms with E-state index in [0.717, 1.165) is 31.7 Å². The van der Waals surface area contributed by atoms with Crippen molar-refractivity contribution in [3.8, 4) is 35.4 Å². The second-order valence-electron chi connectivity index (χ2n) is 16.9. The Morgan fingerprint density at radius 2 is 1.78 bits per heavy atom. The molecule has 0 aliphatic carbocycles. The summed E-state index contributed by atoms with van der Waals surface area (Å²) in [6.07, 6.45) is 11.2. The molecule has 5 aromatic rings. The van der Waals surface area contributed by atoms with Crippen molar-refractivity contribution < 1.29 is 37.7 Å². The molecule has 2 aromatic heterocycles. The van der Waals surface area contributed by atoms with E-state index in [4.69, 9.17) is 30.8 Å². The Labute approximate surface area is 336 Å². The van der Waals surface area contributed by atoms with Crippen molar-refractivity contribution in [3.63, 3.8) is 0 Å². The van der Waals surface area contributed by atoms with Gasteiger partial charge < -0.3 is 19.7 Å². The van der Waals surface area contributed by atoms with Crippen LogP contribution in [-0.4, -0.2) is 75.9 Å². The molecule has 4 fully saturated rings. The lowest BCUT2D eigenvalue weighted by Crippen LogP contribution is -2.60. The molecule has 2 bridgehead atoms. The molecule has 16 heteroatoms. The number of anilines is 1. The minimum atomic E-state index is -9.88. The van der Waals surface area contributed by atoms with Crippen molar-refractivity contribution in [3.05, 3.63) is 77.5 Å². The maximum atomic E-state index is 17.4. The third kappa shape index (κ3) is 6.42. The van der Waals surface area contributed by atoms with E-state index >= 15 is 8.78 Å². The first-order valence-electron chi connectivity index (χ1n) is 20.0. The van der Waals surface area contributed by atoms with Crippen LogP contribution in [0.15, 0.2) is 59.5 Å². The Bertz CT molecular complexity index is 2610. The molecule has 1 N–H and O–H groups in total. The number of benzene rings is 3. The van der Waals surface area contributed by atoms with Crippen molar-refractivity contribution in [2.75, 3.05) is 31.2 Å². The number of hydrogen-bond acceptors (Lipinski definition) is 8. The fraction of sp³-hybridized carbons (Fsp3) is 0.419. The Balaban J connectivity index is 1.01. The smallest absolute Gasteiger partial charge is 0.319 e. The van der Waals surface area contributed by atoms with Crippen LogP contribution in [0.3, 0.4) is 0 Å². The molecule has 8 nitrogen and oxygen atoms in total. The monoisotopic (exact) mass is 838 g/mol. The summed E-state index contributed by atoms with van der Waals surface area (Å²) in [7, 11) is -9.88. The molecule has 10 rings (SSSR count). The second kappa shape index (κ2) is 12.8. The van der Waals surface area contributed by atoms with E-state index in [1.54, 1.807) is 24.3 Å². The molecule has 7 heterocycles. The van der Waals surface area contributed by atoms with Crippen molar-refractivity contribution in [2.45, 2.75) is 86.5 Å². The SMILES string of the molecule is C#Cc1c(F)ccc2cccc(-c3nc4c5c(nc(OC[C@@]67CCCN6[C@H](COc6cccc(S(F)(F)(F)(F)F)c6)CC7)nc5c3F)N3C[C@@H]5CC[C@@H](N5)[C@@H]3[C@@H](C)C4)c12. The topological polar surface area (TPSA) is 75.6 Å². The predicted octanol–water partition coefficient (Wildman–Crippen LogP) is 9.72. The van der Waals surface area contributed by atoms with Gasteiger partial charge in [0.1, 0.15) is 46.7 Å². The van der Waals surface area contributed by atoms with Crippen LogP contribution in [0.2, 0.25) is 0 Å². The molecule has 310 valence electrons. The fourth-order valence-corrected chi connectivity index (χ4v) is 11.4. The third-order valence-corrected chi connectivity index (χ3v) is 14.4. The average Bonchev–Trinajstić information content (AvgIpc) is 3.87. The highest BCUT2D eigenvalue weighted by Crippen LogP contribution is 3.02. The Kier molecular flexibility index (Phi) is 8.34. The molecular weight excluding hydrogens is 798 g/mol. The minimum Gasteiger partial charge on any atom is -0.492 e. The van der Waals surface area contributed by atoms with Gasteiger partial charge in [0.15, 0.2) is 5.82 Å². The maximum Gasteiger partial charge on any atom is 0.319 e. The van der Waals surface area contributed by atoms with Crippen LogP contribution in [-0.2, 0) is 6.42 Å². The largest absolute Gasteiger partial charge is 0.492 e. The molecule has 0 saturated carbocycles. The maximum absolute atomic E-state index is 17.4. The number of ether oxygens (including phenoxy) is 2. The summed E-state index contributed by atoms with van der Waals surface area (Å²) >= 11 is 0. The highest BCUT2D eigenvalue weighted by molar-refractivity contribution is 8.45. The summed E-state index contributed by atoms with van der Waals surface area (Å²) in [6.45, 7) is 3.66. The van der Waals surface area contributed by atoms with Crippen LogP contribution in [0.1, 0.15) is 56.7 Å². The summed E-state index contributed by atoms with van der Waals surface area (Å²) in [5, 5.41) is 5.31. The molecule has 5 aliphatic rings. The van der Waals surface area contributed by atoms with Gasteiger partial charge in [-0.1, -0.05) is 62.6 Å². The van der Waals surface area contributed by atoms with Gasteiger partial charge in [-0.3, -0.25) is 4.90 Å². The number of piperazine rings is 1. The zero-order chi connectivity index (χ0) is 41.1. The number of hydrogen-bond donors (Lipinski definition) is 1. The van der Waals surface area contributed by atoms with Gasteiger partial charge in [0.2, 0.25) is 0 Å². The summed E-state index contributed by atoms with van der Waals surface area (Å²) < 4.78 is 112. The van der Waals surface area contributed by atoms with Gasteiger partial charge in [-0.2, -0.15) is 9.97 Å². The van der Waals surface area contributed by atoms with Gasteiger partial charge in [0.05, 0.1) is 22.2 Å². The molecule has 3 aromatic carbocycles. The van der Waals surface area contributed by atoms with Crippen molar-refractivity contribution in [1.82, 2.24) is 25.2 Å². The number of fused-ring (bicyclic) bond motifs is 7. The lowest BCUT2D eigenvalue weighted by Gasteiger charge is -2.43. The van der Waals surface area contributed by atoms with E-state index in [9.17, 15) is 19.4 Å². The second-order valence-corrected chi connectivity index (χ2v) is 19.3. The minimum absolute atomic E-state index is 0.00370. The molecule has 0 spiro atoms. The molecule has 4 saturated heterocycles. The van der Waals surface area contributed by atoms with E-state index in [2.05, 4.69) is 28.0 Å². The summed E-state index contributed by atoms with van der Waals surface area (Å²) in [4.78, 5) is 17.3. The highest BCUT2D eigenvalue weighted by Gasteiger charge is 2.65. The van der Waals surface area contributed by atoms with Gasteiger partial charge in [0, 0.05) is 47.7 Å². The quantitative estimate of drug-likeness (QED) is 0.122. The number of aromatic nitrogens is 3. The van der Waals surface area contributed by atoms with Gasteiger partial charge in [-0.25, -0.2) is 13.8 Å². The summed E-state index contributed by atoms with van der Waals surface area (Å²) in [5.41, 5.74) is 0.576. The van der Waals surface area contributed by atoms with Crippen LogP contribution >= 0.6 is 10.2 Å². The lowest BCUT2D eigenvalue weighted by molar-refractivity contribution is 0.0686. The first-order chi connectivity index (χ1) is 28.0. The van der Waals surface area contributed by atoms with Gasteiger partial charge in [-0.05, 0) is 81.0 Å². The predicted molar refractivity (Wildman–Crippen MR) is 213 cm³/mol. The number of pyridine rings is 1.